The largest absolute Gasteiger partial charge is 0.497 e. The van der Waals surface area contributed by atoms with E-state index in [1.165, 1.54) is 24.1 Å². The number of nitrogens with one attached hydrogen (secondary N) is 1. The monoisotopic (exact) mass is 563 g/mol. The van der Waals surface area contributed by atoms with Crippen LogP contribution in [0.15, 0.2) is 89.8 Å². The summed E-state index contributed by atoms with van der Waals surface area (Å²) in [5, 5.41) is 3.13. The van der Waals surface area contributed by atoms with Gasteiger partial charge in [-0.2, -0.15) is 0 Å². The number of nitrogens with zero attached hydrogens (tertiary/aromatic N) is 2. The van der Waals surface area contributed by atoms with Crippen LogP contribution in [0.5, 0.6) is 5.75 Å². The van der Waals surface area contributed by atoms with E-state index in [-0.39, 0.29) is 23.4 Å². The van der Waals surface area contributed by atoms with Gasteiger partial charge in [-0.1, -0.05) is 74.4 Å². The van der Waals surface area contributed by atoms with Gasteiger partial charge in [0.2, 0.25) is 11.8 Å². The third-order valence-corrected chi connectivity index (χ3v) is 9.02. The molecule has 212 valence electrons. The minimum Gasteiger partial charge on any atom is -0.497 e. The zero-order valence-electron chi connectivity index (χ0n) is 23.0. The Morgan fingerprint density at radius 3 is 2.23 bits per heavy atom. The fourth-order valence-electron chi connectivity index (χ4n) is 5.08. The van der Waals surface area contributed by atoms with E-state index in [0.29, 0.717) is 17.9 Å². The number of anilines is 1. The molecule has 0 bridgehead atoms. The molecule has 0 aromatic heterocycles. The highest BCUT2D eigenvalue weighted by Gasteiger charge is 2.34. The van der Waals surface area contributed by atoms with Crippen molar-refractivity contribution in [2.45, 2.75) is 62.6 Å². The zero-order valence-corrected chi connectivity index (χ0v) is 23.8. The number of hydrogen-bond donors (Lipinski definition) is 1. The van der Waals surface area contributed by atoms with Crippen molar-refractivity contribution in [2.24, 2.45) is 0 Å². The van der Waals surface area contributed by atoms with Crippen molar-refractivity contribution in [1.29, 1.82) is 0 Å². The van der Waals surface area contributed by atoms with Crippen LogP contribution in [0.1, 0.15) is 44.6 Å². The van der Waals surface area contributed by atoms with Crippen LogP contribution < -0.4 is 14.4 Å². The Morgan fingerprint density at radius 2 is 1.60 bits per heavy atom. The average Bonchev–Trinajstić information content (AvgIpc) is 3.49. The van der Waals surface area contributed by atoms with Crippen molar-refractivity contribution >= 4 is 27.5 Å². The van der Waals surface area contributed by atoms with Crippen molar-refractivity contribution in [3.05, 3.63) is 90.5 Å². The third kappa shape index (κ3) is 7.01. The standard InChI is InChI=1S/C31H37N3O5S/c1-3-29(31(36)32-25-15-10-11-16-25)33(22-24-13-6-4-7-14-24)30(35)23-34(26-17-12-18-27(21-26)39-2)40(37,38)28-19-8-5-9-20-28/h4-9,12-14,17-21,25,29H,3,10-11,15-16,22-23H2,1-2H3,(H,32,36)/t29-/m0/s1. The molecule has 1 saturated carbocycles. The maximum Gasteiger partial charge on any atom is 0.264 e. The van der Waals surface area contributed by atoms with Gasteiger partial charge in [0.25, 0.3) is 10.0 Å². The van der Waals surface area contributed by atoms with Crippen LogP contribution in [0, 0.1) is 0 Å². The summed E-state index contributed by atoms with van der Waals surface area (Å²) in [6.45, 7) is 1.56. The van der Waals surface area contributed by atoms with E-state index in [9.17, 15) is 18.0 Å². The van der Waals surface area contributed by atoms with Gasteiger partial charge in [-0.3, -0.25) is 13.9 Å². The molecule has 0 spiro atoms. The van der Waals surface area contributed by atoms with Crippen LogP contribution >= 0.6 is 0 Å². The summed E-state index contributed by atoms with van der Waals surface area (Å²) >= 11 is 0. The minimum atomic E-state index is -4.12. The maximum absolute atomic E-state index is 14.1. The summed E-state index contributed by atoms with van der Waals surface area (Å²) in [6, 6.07) is 23.4. The number of sulfonamides is 1. The molecule has 0 saturated heterocycles. The molecule has 1 aliphatic carbocycles. The predicted molar refractivity (Wildman–Crippen MR) is 155 cm³/mol. The summed E-state index contributed by atoms with van der Waals surface area (Å²) in [7, 11) is -2.63. The molecule has 1 atom stereocenters. The molecule has 0 unspecified atom stereocenters. The van der Waals surface area contributed by atoms with Crippen molar-refractivity contribution in [3.8, 4) is 5.75 Å². The van der Waals surface area contributed by atoms with Crippen LogP contribution in [0.3, 0.4) is 0 Å². The van der Waals surface area contributed by atoms with Gasteiger partial charge in [0, 0.05) is 18.7 Å². The van der Waals surface area contributed by atoms with Crippen LogP contribution in [0.25, 0.3) is 0 Å². The van der Waals surface area contributed by atoms with E-state index in [1.54, 1.807) is 42.5 Å². The molecule has 1 fully saturated rings. The van der Waals surface area contributed by atoms with Gasteiger partial charge in [0.1, 0.15) is 18.3 Å². The SMILES string of the molecule is CC[C@@H](C(=O)NC1CCCC1)N(Cc1ccccc1)C(=O)CN(c1cccc(OC)c1)S(=O)(=O)c1ccccc1. The molecule has 8 nitrogen and oxygen atoms in total. The topological polar surface area (TPSA) is 96.0 Å². The number of amides is 2. The quantitative estimate of drug-likeness (QED) is 0.343. The summed E-state index contributed by atoms with van der Waals surface area (Å²) in [4.78, 5) is 29.2. The van der Waals surface area contributed by atoms with E-state index in [1.807, 2.05) is 37.3 Å². The Hall–Kier alpha value is -3.85. The maximum atomic E-state index is 14.1. The number of hydrogen-bond acceptors (Lipinski definition) is 5. The van der Waals surface area contributed by atoms with Crippen LogP contribution in [0.2, 0.25) is 0 Å². The molecule has 0 heterocycles. The second kappa shape index (κ2) is 13.5. The van der Waals surface area contributed by atoms with Gasteiger partial charge in [-0.25, -0.2) is 8.42 Å². The van der Waals surface area contributed by atoms with Crippen LogP contribution in [0.4, 0.5) is 5.69 Å². The molecular formula is C31H37N3O5S. The minimum absolute atomic E-state index is 0.0613. The fraction of sp³-hybridized carbons (Fsp3) is 0.355. The Kier molecular flexibility index (Phi) is 9.82. The van der Waals surface area contributed by atoms with Gasteiger partial charge < -0.3 is 15.0 Å². The first-order valence-electron chi connectivity index (χ1n) is 13.7. The third-order valence-electron chi connectivity index (χ3n) is 7.23. The smallest absolute Gasteiger partial charge is 0.264 e. The van der Waals surface area contributed by atoms with Crippen molar-refractivity contribution in [3.63, 3.8) is 0 Å². The summed E-state index contributed by atoms with van der Waals surface area (Å²) in [6.07, 6.45) is 4.38. The van der Waals surface area contributed by atoms with Crippen LogP contribution in [-0.2, 0) is 26.2 Å². The Bertz CT molecular complexity index is 1380. The first-order chi connectivity index (χ1) is 19.3. The normalized spacial score (nSPS) is 14.3. The predicted octanol–water partition coefficient (Wildman–Crippen LogP) is 4.76. The zero-order chi connectivity index (χ0) is 28.5. The molecular weight excluding hydrogens is 526 g/mol. The van der Waals surface area contributed by atoms with E-state index in [0.717, 1.165) is 35.6 Å². The number of carbonyl (C=O) groups is 2. The number of carbonyl (C=O) groups excluding carboxylic acids is 2. The average molecular weight is 564 g/mol. The first-order valence-corrected chi connectivity index (χ1v) is 15.1. The molecule has 4 rings (SSSR count). The van der Waals surface area contributed by atoms with E-state index < -0.39 is 28.5 Å². The van der Waals surface area contributed by atoms with Crippen molar-refractivity contribution in [2.75, 3.05) is 18.0 Å². The fourth-order valence-corrected chi connectivity index (χ4v) is 6.51. The van der Waals surface area contributed by atoms with Gasteiger partial charge in [0.15, 0.2) is 0 Å². The second-order valence-corrected chi connectivity index (χ2v) is 11.8. The van der Waals surface area contributed by atoms with Crippen LogP contribution in [-0.4, -0.2) is 50.9 Å². The number of methoxy groups -OCH3 is 1. The number of benzene rings is 3. The Balaban J connectivity index is 1.70. The van der Waals surface area contributed by atoms with Gasteiger partial charge in [0.05, 0.1) is 17.7 Å². The lowest BCUT2D eigenvalue weighted by atomic mass is 10.1. The molecule has 1 aliphatic rings. The lowest BCUT2D eigenvalue weighted by molar-refractivity contribution is -0.140. The van der Waals surface area contributed by atoms with Gasteiger partial charge in [-0.15, -0.1) is 0 Å². The van der Waals surface area contributed by atoms with Gasteiger partial charge >= 0.3 is 0 Å². The lowest BCUT2D eigenvalue weighted by Gasteiger charge is -2.33. The lowest BCUT2D eigenvalue weighted by Crippen LogP contribution is -2.53. The molecule has 9 heteroatoms. The molecule has 3 aromatic rings. The summed E-state index contributed by atoms with van der Waals surface area (Å²) in [5.41, 5.74) is 1.14. The molecule has 2 amide bonds. The Labute approximate surface area is 237 Å². The number of rotatable bonds is 12. The molecule has 1 N–H and O–H groups in total. The Morgan fingerprint density at radius 1 is 0.950 bits per heavy atom. The van der Waals surface area contributed by atoms with Crippen molar-refractivity contribution < 1.29 is 22.7 Å². The highest BCUT2D eigenvalue weighted by molar-refractivity contribution is 7.92. The van der Waals surface area contributed by atoms with E-state index in [4.69, 9.17) is 4.74 Å². The second-order valence-electron chi connectivity index (χ2n) is 9.95. The molecule has 0 aliphatic heterocycles. The first kappa shape index (κ1) is 29.1. The summed E-state index contributed by atoms with van der Waals surface area (Å²) in [5.74, 6) is -0.223. The van der Waals surface area contributed by atoms with Crippen molar-refractivity contribution in [1.82, 2.24) is 10.2 Å². The molecule has 40 heavy (non-hydrogen) atoms. The molecule has 3 aromatic carbocycles. The summed E-state index contributed by atoms with van der Waals surface area (Å²) < 4.78 is 34.2. The highest BCUT2D eigenvalue weighted by atomic mass is 32.2. The number of ether oxygens (including phenoxy) is 1. The molecule has 0 radical (unpaired) electrons. The van der Waals surface area contributed by atoms with E-state index in [2.05, 4.69) is 5.32 Å². The van der Waals surface area contributed by atoms with E-state index >= 15 is 0 Å². The van der Waals surface area contributed by atoms with Gasteiger partial charge in [-0.05, 0) is 49.1 Å². The highest BCUT2D eigenvalue weighted by Crippen LogP contribution is 2.28.